The molecule has 3 heterocycles. The van der Waals surface area contributed by atoms with Crippen LogP contribution < -0.4 is 14.2 Å². The number of amides is 1. The maximum atomic E-state index is 13.3. The Labute approximate surface area is 209 Å². The number of para-hydroxylation sites is 1. The number of methoxy groups -OCH3 is 2. The number of sulfonamides is 1. The largest absolute Gasteiger partial charge is 0.494 e. The van der Waals surface area contributed by atoms with Crippen LogP contribution in [0.5, 0.6) is 11.5 Å². The fourth-order valence-electron chi connectivity index (χ4n) is 4.08. The van der Waals surface area contributed by atoms with Gasteiger partial charge in [0.2, 0.25) is 21.9 Å². The molecule has 1 N–H and O–H groups in total. The molecule has 1 saturated heterocycles. The smallest absolute Gasteiger partial charge is 0.243 e. The predicted octanol–water partition coefficient (Wildman–Crippen LogP) is 2.05. The summed E-state index contributed by atoms with van der Waals surface area (Å²) in [6, 6.07) is 4.79. The number of hydrogen-bond acceptors (Lipinski definition) is 9. The Kier molecular flexibility index (Phi) is 7.11. The van der Waals surface area contributed by atoms with Gasteiger partial charge in [0.15, 0.2) is 5.82 Å². The van der Waals surface area contributed by atoms with Crippen LogP contribution in [0.15, 0.2) is 30.6 Å². The van der Waals surface area contributed by atoms with Crippen LogP contribution in [0.2, 0.25) is 0 Å². The third-order valence-corrected chi connectivity index (χ3v) is 7.86. The van der Waals surface area contributed by atoms with Crippen LogP contribution in [0.4, 0.5) is 5.95 Å². The molecule has 1 aromatic carbocycles. The molecular formula is C23H29N7O5S. The maximum Gasteiger partial charge on any atom is 0.243 e. The number of rotatable bonds is 9. The third kappa shape index (κ3) is 4.83. The van der Waals surface area contributed by atoms with Crippen molar-refractivity contribution >= 4 is 21.9 Å². The average molecular weight is 516 g/mol. The minimum Gasteiger partial charge on any atom is -0.494 e. The van der Waals surface area contributed by atoms with Gasteiger partial charge in [0.05, 0.1) is 25.5 Å². The standard InChI is InChI=1S/C23H29N7O5S/c1-14-12-24-19(25-13-14)11-15(2)36(32,33)28-23-27-26-22(16-9-10-20(31)29(16)3)30(23)21-17(34-4)7-6-8-18(21)35-5/h6-8,12-13,15-16H,9-11H2,1-5H3,(H,27,28)/t15-,16?/m0/s1. The summed E-state index contributed by atoms with van der Waals surface area (Å²) in [5.41, 5.74) is 1.30. The molecule has 12 nitrogen and oxygen atoms in total. The molecule has 1 aliphatic rings. The number of carbonyl (C=O) groups is 1. The van der Waals surface area contributed by atoms with Crippen LogP contribution in [-0.2, 0) is 21.2 Å². The molecule has 0 bridgehead atoms. The number of aryl methyl sites for hydroxylation is 1. The van der Waals surface area contributed by atoms with Gasteiger partial charge in [-0.1, -0.05) is 6.07 Å². The van der Waals surface area contributed by atoms with E-state index in [1.54, 1.807) is 54.0 Å². The summed E-state index contributed by atoms with van der Waals surface area (Å²) >= 11 is 0. The molecule has 0 saturated carbocycles. The first kappa shape index (κ1) is 25.4. The quantitative estimate of drug-likeness (QED) is 0.453. The molecule has 0 radical (unpaired) electrons. The second-order valence-corrected chi connectivity index (χ2v) is 10.7. The van der Waals surface area contributed by atoms with Crippen molar-refractivity contribution in [2.45, 2.75) is 44.4 Å². The molecule has 0 aliphatic carbocycles. The lowest BCUT2D eigenvalue weighted by atomic mass is 10.2. The first-order chi connectivity index (χ1) is 17.2. The molecule has 4 rings (SSSR count). The van der Waals surface area contributed by atoms with Crippen LogP contribution in [0.3, 0.4) is 0 Å². The van der Waals surface area contributed by atoms with Gasteiger partial charge in [-0.2, -0.15) is 0 Å². The van der Waals surface area contributed by atoms with Crippen molar-refractivity contribution in [1.29, 1.82) is 0 Å². The number of carbonyl (C=O) groups excluding carboxylic acids is 1. The van der Waals surface area contributed by atoms with Gasteiger partial charge in [-0.25, -0.2) is 18.4 Å². The molecule has 1 amide bonds. The Morgan fingerprint density at radius 3 is 2.33 bits per heavy atom. The minimum atomic E-state index is -3.94. The molecule has 192 valence electrons. The van der Waals surface area contributed by atoms with Gasteiger partial charge in [-0.15, -0.1) is 10.2 Å². The highest BCUT2D eigenvalue weighted by atomic mass is 32.2. The van der Waals surface area contributed by atoms with Gasteiger partial charge < -0.3 is 14.4 Å². The Morgan fingerprint density at radius 2 is 1.78 bits per heavy atom. The van der Waals surface area contributed by atoms with E-state index in [2.05, 4.69) is 24.9 Å². The van der Waals surface area contributed by atoms with E-state index in [9.17, 15) is 13.2 Å². The Morgan fingerprint density at radius 1 is 1.14 bits per heavy atom. The lowest BCUT2D eigenvalue weighted by molar-refractivity contribution is -0.127. The highest BCUT2D eigenvalue weighted by Crippen LogP contribution is 2.39. The number of benzene rings is 1. The second-order valence-electron chi connectivity index (χ2n) is 8.63. The van der Waals surface area contributed by atoms with Crippen molar-refractivity contribution in [3.05, 3.63) is 47.8 Å². The zero-order chi connectivity index (χ0) is 26.0. The third-order valence-electron chi connectivity index (χ3n) is 6.17. The van der Waals surface area contributed by atoms with E-state index in [4.69, 9.17) is 9.47 Å². The molecule has 2 atom stereocenters. The summed E-state index contributed by atoms with van der Waals surface area (Å²) in [7, 11) is 0.747. The highest BCUT2D eigenvalue weighted by Gasteiger charge is 2.36. The van der Waals surface area contributed by atoms with E-state index in [-0.39, 0.29) is 18.3 Å². The first-order valence-electron chi connectivity index (χ1n) is 11.4. The number of aromatic nitrogens is 5. The van der Waals surface area contributed by atoms with Crippen LogP contribution in [0.25, 0.3) is 5.69 Å². The van der Waals surface area contributed by atoms with Gasteiger partial charge >= 0.3 is 0 Å². The molecule has 3 aromatic rings. The minimum absolute atomic E-state index is 0.0320. The summed E-state index contributed by atoms with van der Waals surface area (Å²) in [5, 5.41) is 7.61. The number of ether oxygens (including phenoxy) is 2. The molecule has 1 unspecified atom stereocenters. The number of anilines is 1. The van der Waals surface area contributed by atoms with Crippen molar-refractivity contribution in [3.63, 3.8) is 0 Å². The molecule has 2 aromatic heterocycles. The van der Waals surface area contributed by atoms with E-state index in [0.717, 1.165) is 5.56 Å². The van der Waals surface area contributed by atoms with Crippen LogP contribution in [0.1, 0.15) is 43.0 Å². The van der Waals surface area contributed by atoms with Crippen LogP contribution >= 0.6 is 0 Å². The predicted molar refractivity (Wildman–Crippen MR) is 132 cm³/mol. The number of nitrogens with zero attached hydrogens (tertiary/aromatic N) is 6. The molecule has 36 heavy (non-hydrogen) atoms. The van der Waals surface area contributed by atoms with E-state index >= 15 is 0 Å². The van der Waals surface area contributed by atoms with E-state index in [1.807, 2.05) is 6.92 Å². The Balaban J connectivity index is 1.77. The summed E-state index contributed by atoms with van der Waals surface area (Å²) in [5.74, 6) is 1.57. The van der Waals surface area contributed by atoms with E-state index in [0.29, 0.717) is 41.7 Å². The molecular weight excluding hydrogens is 486 g/mol. The molecule has 13 heteroatoms. The van der Waals surface area contributed by atoms with Gasteiger partial charge in [0.25, 0.3) is 0 Å². The lowest BCUT2D eigenvalue weighted by Gasteiger charge is -2.23. The van der Waals surface area contributed by atoms with Crippen LogP contribution in [-0.4, -0.2) is 70.5 Å². The summed E-state index contributed by atoms with van der Waals surface area (Å²) in [6.45, 7) is 3.43. The number of likely N-dealkylation sites (tertiary alicyclic amines) is 1. The van der Waals surface area contributed by atoms with Gasteiger partial charge in [0.1, 0.15) is 23.0 Å². The Hall–Kier alpha value is -3.74. The second kappa shape index (κ2) is 10.1. The van der Waals surface area contributed by atoms with Gasteiger partial charge in [-0.05, 0) is 38.0 Å². The summed E-state index contributed by atoms with van der Waals surface area (Å²) in [4.78, 5) is 22.3. The van der Waals surface area contributed by atoms with Gasteiger partial charge in [-0.3, -0.25) is 14.1 Å². The Bertz CT molecular complexity index is 1340. The lowest BCUT2D eigenvalue weighted by Crippen LogP contribution is -2.29. The number of nitrogens with one attached hydrogen (secondary N) is 1. The molecule has 1 aliphatic heterocycles. The van der Waals surface area contributed by atoms with Gasteiger partial charge in [0, 0.05) is 32.3 Å². The first-order valence-corrected chi connectivity index (χ1v) is 12.9. The zero-order valence-corrected chi connectivity index (χ0v) is 21.6. The van der Waals surface area contributed by atoms with E-state index in [1.165, 1.54) is 14.2 Å². The van der Waals surface area contributed by atoms with Crippen molar-refractivity contribution in [3.8, 4) is 17.2 Å². The normalized spacial score (nSPS) is 16.8. The van der Waals surface area contributed by atoms with Crippen molar-refractivity contribution in [1.82, 2.24) is 29.6 Å². The van der Waals surface area contributed by atoms with Crippen molar-refractivity contribution in [2.75, 3.05) is 26.0 Å². The fourth-order valence-corrected chi connectivity index (χ4v) is 5.03. The summed E-state index contributed by atoms with van der Waals surface area (Å²) in [6.07, 6.45) is 4.26. The highest BCUT2D eigenvalue weighted by molar-refractivity contribution is 7.93. The van der Waals surface area contributed by atoms with E-state index < -0.39 is 21.3 Å². The average Bonchev–Trinajstić information content (AvgIpc) is 3.41. The SMILES string of the molecule is COc1cccc(OC)c1-n1c(NS(=O)(=O)[C@@H](C)Cc2ncc(C)cn2)nnc1C1CCC(=O)N1C. The fraction of sp³-hybridized carbons (Fsp3) is 0.435. The monoisotopic (exact) mass is 515 g/mol. The zero-order valence-electron chi connectivity index (χ0n) is 20.8. The summed E-state index contributed by atoms with van der Waals surface area (Å²) < 4.78 is 41.9. The number of hydrogen-bond donors (Lipinski definition) is 1. The van der Waals surface area contributed by atoms with Crippen molar-refractivity contribution in [2.24, 2.45) is 0 Å². The van der Waals surface area contributed by atoms with Crippen LogP contribution in [0, 0.1) is 6.92 Å². The molecule has 0 spiro atoms. The maximum absolute atomic E-state index is 13.3. The topological polar surface area (TPSA) is 141 Å². The molecule has 1 fully saturated rings. The van der Waals surface area contributed by atoms with Crippen molar-refractivity contribution < 1.29 is 22.7 Å².